The summed E-state index contributed by atoms with van der Waals surface area (Å²) in [6, 6.07) is 0. The van der Waals surface area contributed by atoms with Crippen molar-refractivity contribution in [1.82, 2.24) is 4.90 Å². The first-order valence-corrected chi connectivity index (χ1v) is 5.55. The molecule has 2 nitrogen and oxygen atoms in total. The van der Waals surface area contributed by atoms with Gasteiger partial charge in [-0.25, -0.2) is 0 Å². The molecule has 0 unspecified atom stereocenters. The predicted molar refractivity (Wildman–Crippen MR) is 57.0 cm³/mol. The molecule has 2 aliphatic rings. The van der Waals surface area contributed by atoms with Crippen molar-refractivity contribution in [3.05, 3.63) is 0 Å². The van der Waals surface area contributed by atoms with E-state index in [1.54, 1.807) is 0 Å². The Morgan fingerprint density at radius 3 is 2.86 bits per heavy atom. The van der Waals surface area contributed by atoms with Crippen LogP contribution in [0.3, 0.4) is 0 Å². The Morgan fingerprint density at radius 2 is 2.21 bits per heavy atom. The van der Waals surface area contributed by atoms with Crippen LogP contribution in [-0.2, 0) is 4.74 Å². The summed E-state index contributed by atoms with van der Waals surface area (Å²) in [7, 11) is 0. The highest BCUT2D eigenvalue weighted by Crippen LogP contribution is 2.41. The molecule has 2 heteroatoms. The molecule has 0 aromatic heterocycles. The third kappa shape index (κ3) is 2.50. The largest absolute Gasteiger partial charge is 0.372 e. The second-order valence-corrected chi connectivity index (χ2v) is 4.72. The number of morpholine rings is 1. The van der Waals surface area contributed by atoms with Crippen LogP contribution in [-0.4, -0.2) is 36.7 Å². The first-order chi connectivity index (χ1) is 6.70. The number of hydrogen-bond acceptors (Lipinski definition) is 2. The molecule has 0 N–H and O–H groups in total. The molecule has 1 aliphatic heterocycles. The van der Waals surface area contributed by atoms with Gasteiger partial charge in [-0.05, 0) is 12.8 Å². The number of rotatable bonds is 1. The van der Waals surface area contributed by atoms with Crippen LogP contribution in [0.5, 0.6) is 0 Å². The quantitative estimate of drug-likeness (QED) is 0.585. The van der Waals surface area contributed by atoms with Crippen LogP contribution in [0, 0.1) is 17.8 Å². The lowest BCUT2D eigenvalue weighted by Gasteiger charge is -2.31. The van der Waals surface area contributed by atoms with Crippen LogP contribution < -0.4 is 0 Å². The Bertz CT molecular complexity index is 257. The maximum absolute atomic E-state index is 5.74. The van der Waals surface area contributed by atoms with Gasteiger partial charge >= 0.3 is 0 Å². The standard InChI is InChI=1S/C12H19NO/c1-11(2)4-3-7-13-8-9-14-12(10-13)5-6-12/h11H,5-10H2,1-2H3. The zero-order chi connectivity index (χ0) is 10.0. The Morgan fingerprint density at radius 1 is 1.43 bits per heavy atom. The summed E-state index contributed by atoms with van der Waals surface area (Å²) < 4.78 is 5.74. The average molecular weight is 193 g/mol. The van der Waals surface area contributed by atoms with Crippen molar-refractivity contribution in [3.8, 4) is 11.8 Å². The zero-order valence-electron chi connectivity index (χ0n) is 9.18. The van der Waals surface area contributed by atoms with Gasteiger partial charge in [0.25, 0.3) is 0 Å². The van der Waals surface area contributed by atoms with E-state index in [-0.39, 0.29) is 5.60 Å². The van der Waals surface area contributed by atoms with Gasteiger partial charge in [-0.15, -0.1) is 0 Å². The normalized spacial score (nSPS) is 24.8. The fraction of sp³-hybridized carbons (Fsp3) is 0.833. The van der Waals surface area contributed by atoms with Crippen LogP contribution in [0.15, 0.2) is 0 Å². The number of ether oxygens (including phenoxy) is 1. The molecule has 1 saturated heterocycles. The van der Waals surface area contributed by atoms with Crippen LogP contribution >= 0.6 is 0 Å². The third-order valence-corrected chi connectivity index (χ3v) is 2.83. The molecule has 1 spiro atoms. The second kappa shape index (κ2) is 3.92. The Kier molecular flexibility index (Phi) is 2.80. The summed E-state index contributed by atoms with van der Waals surface area (Å²) in [6.07, 6.45) is 2.50. The van der Waals surface area contributed by atoms with Crippen LogP contribution in [0.25, 0.3) is 0 Å². The maximum Gasteiger partial charge on any atom is 0.0811 e. The van der Waals surface area contributed by atoms with E-state index >= 15 is 0 Å². The van der Waals surface area contributed by atoms with Crippen molar-refractivity contribution in [2.75, 3.05) is 26.2 Å². The van der Waals surface area contributed by atoms with E-state index < -0.39 is 0 Å². The van der Waals surface area contributed by atoms with Gasteiger partial charge in [0.1, 0.15) is 0 Å². The van der Waals surface area contributed by atoms with Gasteiger partial charge in [0.15, 0.2) is 0 Å². The topological polar surface area (TPSA) is 12.5 Å². The van der Waals surface area contributed by atoms with Crippen LogP contribution in [0.2, 0.25) is 0 Å². The molecule has 1 saturated carbocycles. The second-order valence-electron chi connectivity index (χ2n) is 4.72. The van der Waals surface area contributed by atoms with E-state index in [0.29, 0.717) is 5.92 Å². The molecule has 78 valence electrons. The molecular formula is C12H19NO. The van der Waals surface area contributed by atoms with Gasteiger partial charge in [-0.2, -0.15) is 0 Å². The van der Waals surface area contributed by atoms with E-state index in [4.69, 9.17) is 4.74 Å². The van der Waals surface area contributed by atoms with Gasteiger partial charge in [0.05, 0.1) is 18.8 Å². The Labute approximate surface area is 86.6 Å². The van der Waals surface area contributed by atoms with Crippen molar-refractivity contribution in [3.63, 3.8) is 0 Å². The van der Waals surface area contributed by atoms with Crippen molar-refractivity contribution < 1.29 is 4.74 Å². The summed E-state index contributed by atoms with van der Waals surface area (Å²) in [4.78, 5) is 2.42. The monoisotopic (exact) mass is 193 g/mol. The Balaban J connectivity index is 1.79. The minimum Gasteiger partial charge on any atom is -0.372 e. The highest BCUT2D eigenvalue weighted by Gasteiger charge is 2.47. The van der Waals surface area contributed by atoms with Gasteiger partial charge in [0, 0.05) is 19.0 Å². The molecule has 0 aromatic rings. The zero-order valence-corrected chi connectivity index (χ0v) is 9.18. The van der Waals surface area contributed by atoms with E-state index in [0.717, 1.165) is 26.2 Å². The van der Waals surface area contributed by atoms with E-state index in [1.165, 1.54) is 12.8 Å². The molecule has 1 aliphatic carbocycles. The van der Waals surface area contributed by atoms with Crippen molar-refractivity contribution in [1.29, 1.82) is 0 Å². The number of nitrogens with zero attached hydrogens (tertiary/aromatic N) is 1. The molecule has 1 heterocycles. The molecule has 2 rings (SSSR count). The van der Waals surface area contributed by atoms with Crippen molar-refractivity contribution >= 4 is 0 Å². The van der Waals surface area contributed by atoms with Crippen molar-refractivity contribution in [2.24, 2.45) is 5.92 Å². The van der Waals surface area contributed by atoms with E-state index in [1.807, 2.05) is 0 Å². The van der Waals surface area contributed by atoms with Crippen LogP contribution in [0.4, 0.5) is 0 Å². The SMILES string of the molecule is CC(C)C#CCN1CCOC2(CC2)C1. The summed E-state index contributed by atoms with van der Waals surface area (Å²) in [5.74, 6) is 6.94. The van der Waals surface area contributed by atoms with Gasteiger partial charge in [0.2, 0.25) is 0 Å². The molecule has 0 bridgehead atoms. The highest BCUT2D eigenvalue weighted by molar-refractivity contribution is 5.06. The highest BCUT2D eigenvalue weighted by atomic mass is 16.5. The summed E-state index contributed by atoms with van der Waals surface area (Å²) in [5, 5.41) is 0. The summed E-state index contributed by atoms with van der Waals surface area (Å²) >= 11 is 0. The minimum atomic E-state index is 0.248. The fourth-order valence-corrected chi connectivity index (χ4v) is 1.86. The Hall–Kier alpha value is -0.520. The smallest absolute Gasteiger partial charge is 0.0811 e. The summed E-state index contributed by atoms with van der Waals surface area (Å²) in [5.41, 5.74) is 0.248. The number of hydrogen-bond donors (Lipinski definition) is 0. The summed E-state index contributed by atoms with van der Waals surface area (Å²) in [6.45, 7) is 8.23. The molecule has 0 amide bonds. The first kappa shape index (κ1) is 10.0. The molecule has 0 radical (unpaired) electrons. The van der Waals surface area contributed by atoms with Gasteiger partial charge in [-0.3, -0.25) is 4.90 Å². The first-order valence-electron chi connectivity index (χ1n) is 5.55. The third-order valence-electron chi connectivity index (χ3n) is 2.83. The van der Waals surface area contributed by atoms with Gasteiger partial charge in [-0.1, -0.05) is 25.7 Å². The lowest BCUT2D eigenvalue weighted by molar-refractivity contribution is -0.0416. The van der Waals surface area contributed by atoms with E-state index in [9.17, 15) is 0 Å². The lowest BCUT2D eigenvalue weighted by Crippen LogP contribution is -2.43. The van der Waals surface area contributed by atoms with Crippen LogP contribution in [0.1, 0.15) is 26.7 Å². The predicted octanol–water partition coefficient (Wildman–Crippen LogP) is 1.51. The fourth-order valence-electron chi connectivity index (χ4n) is 1.86. The van der Waals surface area contributed by atoms with Crippen molar-refractivity contribution in [2.45, 2.75) is 32.3 Å². The van der Waals surface area contributed by atoms with Gasteiger partial charge < -0.3 is 4.74 Å². The average Bonchev–Trinajstić information content (AvgIpc) is 2.84. The molecule has 0 atom stereocenters. The molecule has 14 heavy (non-hydrogen) atoms. The van der Waals surface area contributed by atoms with E-state index in [2.05, 4.69) is 30.6 Å². The molecular weight excluding hydrogens is 174 g/mol. The molecule has 2 fully saturated rings. The maximum atomic E-state index is 5.74. The lowest BCUT2D eigenvalue weighted by atomic mass is 10.2. The molecule has 0 aromatic carbocycles. The minimum absolute atomic E-state index is 0.248.